The van der Waals surface area contributed by atoms with Gasteiger partial charge in [0.2, 0.25) is 5.91 Å². The lowest BCUT2D eigenvalue weighted by molar-refractivity contribution is -0.116. The minimum atomic E-state index is -0.0104. The molecule has 1 N–H and O–H groups in total. The van der Waals surface area contributed by atoms with Gasteiger partial charge in [0.1, 0.15) is 11.4 Å². The zero-order chi connectivity index (χ0) is 20.2. The van der Waals surface area contributed by atoms with Crippen molar-refractivity contribution < 1.29 is 9.53 Å². The van der Waals surface area contributed by atoms with Crippen LogP contribution in [0.3, 0.4) is 0 Å². The first-order chi connectivity index (χ1) is 14.1. The van der Waals surface area contributed by atoms with E-state index in [1.807, 2.05) is 84.4 Å². The fourth-order valence-corrected chi connectivity index (χ4v) is 3.32. The molecule has 0 unspecified atom stereocenters. The van der Waals surface area contributed by atoms with Crippen LogP contribution < -0.4 is 10.1 Å². The molecule has 4 aromatic rings. The van der Waals surface area contributed by atoms with Crippen molar-refractivity contribution >= 4 is 17.2 Å². The van der Waals surface area contributed by atoms with Gasteiger partial charge in [-0.1, -0.05) is 30.3 Å². The minimum Gasteiger partial charge on any atom is -0.497 e. The van der Waals surface area contributed by atoms with Crippen molar-refractivity contribution in [1.29, 1.82) is 0 Å². The third-order valence-electron chi connectivity index (χ3n) is 4.92. The maximum Gasteiger partial charge on any atom is 0.224 e. The number of imidazole rings is 1. The molecular weight excluding hydrogens is 362 g/mol. The van der Waals surface area contributed by atoms with Gasteiger partial charge in [0, 0.05) is 30.1 Å². The van der Waals surface area contributed by atoms with Gasteiger partial charge in [0.15, 0.2) is 0 Å². The van der Waals surface area contributed by atoms with Gasteiger partial charge in [-0.05, 0) is 54.8 Å². The Balaban J connectivity index is 1.43. The molecule has 5 nitrogen and oxygen atoms in total. The SMILES string of the molecule is COc1ccc(CCC(=O)Nc2cccc(-c3cn4cccc(C)c4n3)c2)cc1. The van der Waals surface area contributed by atoms with Gasteiger partial charge >= 0.3 is 0 Å². The molecule has 146 valence electrons. The fraction of sp³-hybridized carbons (Fsp3) is 0.167. The van der Waals surface area contributed by atoms with E-state index in [4.69, 9.17) is 9.72 Å². The van der Waals surface area contributed by atoms with Crippen molar-refractivity contribution in [3.63, 3.8) is 0 Å². The van der Waals surface area contributed by atoms with E-state index in [0.29, 0.717) is 12.8 Å². The van der Waals surface area contributed by atoms with Crippen LogP contribution >= 0.6 is 0 Å². The van der Waals surface area contributed by atoms with E-state index in [-0.39, 0.29) is 5.91 Å². The summed E-state index contributed by atoms with van der Waals surface area (Å²) in [4.78, 5) is 17.1. The molecule has 0 atom stereocenters. The Bertz CT molecular complexity index is 1150. The highest BCUT2D eigenvalue weighted by atomic mass is 16.5. The number of amides is 1. The number of carbonyl (C=O) groups excluding carboxylic acids is 1. The largest absolute Gasteiger partial charge is 0.497 e. The predicted molar refractivity (Wildman–Crippen MR) is 115 cm³/mol. The molecule has 0 fully saturated rings. The highest BCUT2D eigenvalue weighted by Gasteiger charge is 2.08. The first kappa shape index (κ1) is 18.7. The van der Waals surface area contributed by atoms with E-state index in [9.17, 15) is 4.79 Å². The number of pyridine rings is 1. The van der Waals surface area contributed by atoms with E-state index in [1.54, 1.807) is 7.11 Å². The van der Waals surface area contributed by atoms with Gasteiger partial charge in [0.05, 0.1) is 12.8 Å². The molecule has 0 saturated heterocycles. The van der Waals surface area contributed by atoms with Crippen molar-refractivity contribution in [2.45, 2.75) is 19.8 Å². The van der Waals surface area contributed by atoms with Crippen molar-refractivity contribution in [3.8, 4) is 17.0 Å². The molecule has 0 saturated carbocycles. The Hall–Kier alpha value is -3.60. The smallest absolute Gasteiger partial charge is 0.224 e. The second-order valence-corrected chi connectivity index (χ2v) is 7.03. The number of carbonyl (C=O) groups is 1. The Morgan fingerprint density at radius 2 is 1.93 bits per heavy atom. The molecule has 0 bridgehead atoms. The first-order valence-corrected chi connectivity index (χ1v) is 9.60. The van der Waals surface area contributed by atoms with E-state index in [2.05, 4.69) is 5.32 Å². The topological polar surface area (TPSA) is 55.6 Å². The molecule has 2 heterocycles. The predicted octanol–water partition coefficient (Wildman–Crippen LogP) is 4.89. The van der Waals surface area contributed by atoms with Crippen molar-refractivity contribution in [2.24, 2.45) is 0 Å². The number of nitrogens with one attached hydrogen (secondary N) is 1. The number of rotatable bonds is 6. The van der Waals surface area contributed by atoms with Crippen molar-refractivity contribution in [2.75, 3.05) is 12.4 Å². The lowest BCUT2D eigenvalue weighted by atomic mass is 10.1. The molecule has 2 aromatic carbocycles. The van der Waals surface area contributed by atoms with Crippen LogP contribution in [0, 0.1) is 6.92 Å². The molecular formula is C24H23N3O2. The highest BCUT2D eigenvalue weighted by Crippen LogP contribution is 2.23. The average molecular weight is 385 g/mol. The molecule has 0 aliphatic carbocycles. The number of methoxy groups -OCH3 is 1. The summed E-state index contributed by atoms with van der Waals surface area (Å²) < 4.78 is 7.18. The van der Waals surface area contributed by atoms with Crippen LogP contribution in [0.1, 0.15) is 17.5 Å². The average Bonchev–Trinajstić information content (AvgIpc) is 3.19. The standard InChI is InChI=1S/C24H23N3O2/c1-17-5-4-14-27-16-22(26-24(17)27)19-6-3-7-20(15-19)25-23(28)13-10-18-8-11-21(29-2)12-9-18/h3-9,11-12,14-16H,10,13H2,1-2H3,(H,25,28). The van der Waals surface area contributed by atoms with E-state index in [1.165, 1.54) is 0 Å². The normalized spacial score (nSPS) is 10.8. The fourth-order valence-electron chi connectivity index (χ4n) is 3.32. The highest BCUT2D eigenvalue weighted by molar-refractivity contribution is 5.91. The maximum atomic E-state index is 12.4. The molecule has 5 heteroatoms. The number of benzene rings is 2. The zero-order valence-electron chi connectivity index (χ0n) is 16.6. The monoisotopic (exact) mass is 385 g/mol. The van der Waals surface area contributed by atoms with Gasteiger partial charge < -0.3 is 14.5 Å². The third-order valence-corrected chi connectivity index (χ3v) is 4.92. The number of aryl methyl sites for hydroxylation is 2. The molecule has 4 rings (SSSR count). The Morgan fingerprint density at radius 1 is 1.10 bits per heavy atom. The van der Waals surface area contributed by atoms with Crippen LogP contribution in [0.5, 0.6) is 5.75 Å². The number of fused-ring (bicyclic) bond motifs is 1. The van der Waals surface area contributed by atoms with Crippen LogP contribution in [-0.2, 0) is 11.2 Å². The second-order valence-electron chi connectivity index (χ2n) is 7.03. The number of nitrogens with zero attached hydrogens (tertiary/aromatic N) is 2. The molecule has 0 radical (unpaired) electrons. The third kappa shape index (κ3) is 4.29. The van der Waals surface area contributed by atoms with Gasteiger partial charge in [-0.15, -0.1) is 0 Å². The zero-order valence-corrected chi connectivity index (χ0v) is 16.6. The quantitative estimate of drug-likeness (QED) is 0.514. The number of hydrogen-bond donors (Lipinski definition) is 1. The summed E-state index contributed by atoms with van der Waals surface area (Å²) in [6.45, 7) is 2.05. The van der Waals surface area contributed by atoms with Crippen LogP contribution in [0.25, 0.3) is 16.9 Å². The van der Waals surface area contributed by atoms with Crippen LogP contribution in [0.2, 0.25) is 0 Å². The van der Waals surface area contributed by atoms with E-state index < -0.39 is 0 Å². The summed E-state index contributed by atoms with van der Waals surface area (Å²) in [5.74, 6) is 0.806. The first-order valence-electron chi connectivity index (χ1n) is 9.60. The minimum absolute atomic E-state index is 0.0104. The number of ether oxygens (including phenoxy) is 1. The molecule has 0 spiro atoms. The lowest BCUT2D eigenvalue weighted by Gasteiger charge is -2.07. The van der Waals surface area contributed by atoms with Gasteiger partial charge in [0.25, 0.3) is 0 Å². The Kier molecular flexibility index (Phi) is 5.29. The van der Waals surface area contributed by atoms with E-state index in [0.717, 1.165) is 39.5 Å². The number of hydrogen-bond acceptors (Lipinski definition) is 3. The van der Waals surface area contributed by atoms with Crippen molar-refractivity contribution in [1.82, 2.24) is 9.38 Å². The van der Waals surface area contributed by atoms with E-state index >= 15 is 0 Å². The molecule has 0 aliphatic rings. The van der Waals surface area contributed by atoms with Crippen LogP contribution in [0.4, 0.5) is 5.69 Å². The summed E-state index contributed by atoms with van der Waals surface area (Å²) in [6.07, 6.45) is 5.10. The Morgan fingerprint density at radius 3 is 2.69 bits per heavy atom. The molecule has 1 amide bonds. The molecule has 29 heavy (non-hydrogen) atoms. The van der Waals surface area contributed by atoms with Gasteiger partial charge in [-0.2, -0.15) is 0 Å². The van der Waals surface area contributed by atoms with Crippen LogP contribution in [0.15, 0.2) is 73.1 Å². The van der Waals surface area contributed by atoms with Gasteiger partial charge in [-0.3, -0.25) is 4.79 Å². The maximum absolute atomic E-state index is 12.4. The summed E-state index contributed by atoms with van der Waals surface area (Å²) in [6, 6.07) is 19.6. The number of anilines is 1. The van der Waals surface area contributed by atoms with Gasteiger partial charge in [-0.25, -0.2) is 4.98 Å². The summed E-state index contributed by atoms with van der Waals surface area (Å²) >= 11 is 0. The summed E-state index contributed by atoms with van der Waals surface area (Å²) in [7, 11) is 1.64. The molecule has 2 aromatic heterocycles. The number of aromatic nitrogens is 2. The second kappa shape index (κ2) is 8.19. The lowest BCUT2D eigenvalue weighted by Crippen LogP contribution is -2.12. The Labute approximate surface area is 170 Å². The van der Waals surface area contributed by atoms with Crippen molar-refractivity contribution in [3.05, 3.63) is 84.2 Å². The summed E-state index contributed by atoms with van der Waals surface area (Å²) in [5, 5.41) is 2.99. The molecule has 0 aliphatic heterocycles. The summed E-state index contributed by atoms with van der Waals surface area (Å²) in [5.41, 5.74) is 5.80. The van der Waals surface area contributed by atoms with Crippen LogP contribution in [-0.4, -0.2) is 22.4 Å².